The van der Waals surface area contributed by atoms with Gasteiger partial charge in [0.25, 0.3) is 0 Å². The molecule has 86 valence electrons. The fourth-order valence-corrected chi connectivity index (χ4v) is 3.60. The lowest BCUT2D eigenvalue weighted by atomic mass is 9.56. The predicted molar refractivity (Wildman–Crippen MR) is 60.5 cm³/mol. The van der Waals surface area contributed by atoms with E-state index in [4.69, 9.17) is 4.74 Å². The van der Waals surface area contributed by atoms with Crippen molar-refractivity contribution in [3.63, 3.8) is 0 Å². The van der Waals surface area contributed by atoms with E-state index in [-0.39, 0.29) is 12.0 Å². The lowest BCUT2D eigenvalue weighted by Crippen LogP contribution is -2.55. The minimum atomic E-state index is -0.0450. The molecule has 0 saturated carbocycles. The molecule has 0 radical (unpaired) electrons. The van der Waals surface area contributed by atoms with Gasteiger partial charge in [-0.05, 0) is 25.7 Å². The SMILES string of the molecule is CC1=C[C@@H](C)[C@@]2(CO)CO[C@H](C)[C@H]1[C@@H]2C. The van der Waals surface area contributed by atoms with E-state index in [1.54, 1.807) is 0 Å². The van der Waals surface area contributed by atoms with E-state index in [0.29, 0.717) is 30.5 Å². The summed E-state index contributed by atoms with van der Waals surface area (Å²) in [5.74, 6) is 1.43. The van der Waals surface area contributed by atoms with Gasteiger partial charge in [-0.25, -0.2) is 0 Å². The maximum atomic E-state index is 9.70. The Labute approximate surface area is 92.3 Å². The molecule has 2 aliphatic rings. The molecule has 1 aliphatic heterocycles. The second kappa shape index (κ2) is 3.60. The van der Waals surface area contributed by atoms with Gasteiger partial charge in [0.05, 0.1) is 19.3 Å². The summed E-state index contributed by atoms with van der Waals surface area (Å²) in [6.07, 6.45) is 2.63. The van der Waals surface area contributed by atoms with Crippen LogP contribution in [0.4, 0.5) is 0 Å². The third-order valence-corrected chi connectivity index (χ3v) is 4.81. The molecule has 0 spiro atoms. The topological polar surface area (TPSA) is 29.5 Å². The number of hydrogen-bond donors (Lipinski definition) is 1. The van der Waals surface area contributed by atoms with Crippen molar-refractivity contribution in [1.82, 2.24) is 0 Å². The zero-order valence-corrected chi connectivity index (χ0v) is 10.2. The van der Waals surface area contributed by atoms with Gasteiger partial charge in [-0.1, -0.05) is 25.5 Å². The molecule has 1 heterocycles. The summed E-state index contributed by atoms with van der Waals surface area (Å²) in [4.78, 5) is 0. The van der Waals surface area contributed by atoms with Crippen molar-refractivity contribution in [2.45, 2.75) is 33.8 Å². The van der Waals surface area contributed by atoms with E-state index < -0.39 is 0 Å². The smallest absolute Gasteiger partial charge is 0.0615 e. The van der Waals surface area contributed by atoms with Crippen LogP contribution in [0.1, 0.15) is 27.7 Å². The van der Waals surface area contributed by atoms with Gasteiger partial charge in [-0.15, -0.1) is 0 Å². The molecule has 1 saturated heterocycles. The first-order chi connectivity index (χ1) is 7.03. The highest BCUT2D eigenvalue weighted by Crippen LogP contribution is 2.51. The van der Waals surface area contributed by atoms with E-state index in [1.807, 2.05) is 0 Å². The van der Waals surface area contributed by atoms with E-state index in [9.17, 15) is 5.11 Å². The van der Waals surface area contributed by atoms with Gasteiger partial charge in [-0.2, -0.15) is 0 Å². The second-order valence-corrected chi connectivity index (χ2v) is 5.42. The molecule has 2 heteroatoms. The Morgan fingerprint density at radius 1 is 1.47 bits per heavy atom. The molecule has 1 fully saturated rings. The van der Waals surface area contributed by atoms with Crippen LogP contribution in [0.5, 0.6) is 0 Å². The Morgan fingerprint density at radius 2 is 2.13 bits per heavy atom. The van der Waals surface area contributed by atoms with Gasteiger partial charge in [0.1, 0.15) is 0 Å². The van der Waals surface area contributed by atoms with E-state index in [1.165, 1.54) is 5.57 Å². The average molecular weight is 210 g/mol. The van der Waals surface area contributed by atoms with Crippen molar-refractivity contribution in [3.8, 4) is 0 Å². The maximum Gasteiger partial charge on any atom is 0.0615 e. The van der Waals surface area contributed by atoms with E-state index in [0.717, 1.165) is 0 Å². The molecule has 1 N–H and O–H groups in total. The summed E-state index contributed by atoms with van der Waals surface area (Å²) in [6.45, 7) is 9.76. The van der Waals surface area contributed by atoms with Crippen LogP contribution in [0.15, 0.2) is 11.6 Å². The predicted octanol–water partition coefficient (Wildman–Crippen LogP) is 2.23. The van der Waals surface area contributed by atoms with Gasteiger partial charge < -0.3 is 9.84 Å². The fourth-order valence-electron chi connectivity index (χ4n) is 3.60. The first kappa shape index (κ1) is 11.2. The summed E-state index contributed by atoms with van der Waals surface area (Å²) in [5.41, 5.74) is 1.39. The first-order valence-electron chi connectivity index (χ1n) is 5.93. The van der Waals surface area contributed by atoms with E-state index >= 15 is 0 Å². The summed E-state index contributed by atoms with van der Waals surface area (Å²) in [6, 6.07) is 0. The van der Waals surface area contributed by atoms with E-state index in [2.05, 4.69) is 33.8 Å². The van der Waals surface area contributed by atoms with Crippen LogP contribution in [0.3, 0.4) is 0 Å². The van der Waals surface area contributed by atoms with Crippen LogP contribution in [0.2, 0.25) is 0 Å². The molecule has 0 amide bonds. The largest absolute Gasteiger partial charge is 0.396 e. The second-order valence-electron chi connectivity index (χ2n) is 5.42. The fraction of sp³-hybridized carbons (Fsp3) is 0.846. The molecule has 0 aromatic heterocycles. The summed E-state index contributed by atoms with van der Waals surface area (Å²) in [7, 11) is 0. The molecular weight excluding hydrogens is 188 g/mol. The summed E-state index contributed by atoms with van der Waals surface area (Å²) >= 11 is 0. The van der Waals surface area contributed by atoms with Crippen LogP contribution in [-0.4, -0.2) is 24.4 Å². The Bertz CT molecular complexity index is 284. The molecule has 2 rings (SSSR count). The van der Waals surface area contributed by atoms with Gasteiger partial charge in [0, 0.05) is 11.3 Å². The minimum absolute atomic E-state index is 0.0450. The summed E-state index contributed by atoms with van der Waals surface area (Å²) < 4.78 is 5.85. The highest BCUT2D eigenvalue weighted by molar-refractivity contribution is 5.20. The van der Waals surface area contributed by atoms with Crippen molar-refractivity contribution >= 4 is 0 Å². The van der Waals surface area contributed by atoms with Crippen LogP contribution < -0.4 is 0 Å². The molecule has 2 bridgehead atoms. The highest BCUT2D eigenvalue weighted by Gasteiger charge is 2.51. The Kier molecular flexibility index (Phi) is 2.68. The monoisotopic (exact) mass is 210 g/mol. The van der Waals surface area contributed by atoms with Gasteiger partial charge >= 0.3 is 0 Å². The van der Waals surface area contributed by atoms with Crippen molar-refractivity contribution in [2.24, 2.45) is 23.2 Å². The Hall–Kier alpha value is -0.340. The average Bonchev–Trinajstić information content (AvgIpc) is 2.17. The Morgan fingerprint density at radius 3 is 2.73 bits per heavy atom. The van der Waals surface area contributed by atoms with Crippen LogP contribution in [0.25, 0.3) is 0 Å². The van der Waals surface area contributed by atoms with Crippen molar-refractivity contribution in [1.29, 1.82) is 0 Å². The third kappa shape index (κ3) is 1.38. The number of aliphatic hydroxyl groups excluding tert-OH is 1. The first-order valence-corrected chi connectivity index (χ1v) is 5.93. The maximum absolute atomic E-state index is 9.70. The number of rotatable bonds is 1. The number of hydrogen-bond acceptors (Lipinski definition) is 2. The number of ether oxygens (including phenoxy) is 1. The zero-order valence-electron chi connectivity index (χ0n) is 10.2. The quantitative estimate of drug-likeness (QED) is 0.673. The molecule has 1 aliphatic carbocycles. The molecule has 0 aromatic rings. The highest BCUT2D eigenvalue weighted by atomic mass is 16.5. The van der Waals surface area contributed by atoms with Crippen LogP contribution in [-0.2, 0) is 4.74 Å². The van der Waals surface area contributed by atoms with Gasteiger partial charge in [-0.3, -0.25) is 0 Å². The lowest BCUT2D eigenvalue weighted by Gasteiger charge is -2.54. The zero-order chi connectivity index (χ0) is 11.2. The third-order valence-electron chi connectivity index (χ3n) is 4.81. The normalized spacial score (nSPS) is 50.1. The molecule has 5 atom stereocenters. The number of aliphatic hydroxyl groups is 1. The molecule has 15 heavy (non-hydrogen) atoms. The van der Waals surface area contributed by atoms with Crippen molar-refractivity contribution < 1.29 is 9.84 Å². The summed E-state index contributed by atoms with van der Waals surface area (Å²) in [5, 5.41) is 9.70. The Balaban J connectivity index is 2.43. The van der Waals surface area contributed by atoms with Crippen molar-refractivity contribution in [2.75, 3.05) is 13.2 Å². The lowest BCUT2D eigenvalue weighted by molar-refractivity contribution is -0.157. The standard InChI is InChI=1S/C13H22O2/c1-8-5-9(2)13(6-14)7-15-11(4)12(8)10(13)3/h5,9-12,14H,6-7H2,1-4H3/t9-,10+,11-,12-,13-/m1/s1. The molecule has 0 aromatic carbocycles. The van der Waals surface area contributed by atoms with Crippen molar-refractivity contribution in [3.05, 3.63) is 11.6 Å². The van der Waals surface area contributed by atoms with Crippen LogP contribution in [0, 0.1) is 23.2 Å². The minimum Gasteiger partial charge on any atom is -0.396 e. The molecule has 0 unspecified atom stereocenters. The molecular formula is C13H22O2. The number of allylic oxidation sites excluding steroid dienone is 1. The van der Waals surface area contributed by atoms with Gasteiger partial charge in [0.15, 0.2) is 0 Å². The molecule has 2 nitrogen and oxygen atoms in total. The van der Waals surface area contributed by atoms with Gasteiger partial charge in [0.2, 0.25) is 0 Å². The number of fused-ring (bicyclic) bond motifs is 2. The van der Waals surface area contributed by atoms with Crippen LogP contribution >= 0.6 is 0 Å².